The van der Waals surface area contributed by atoms with Gasteiger partial charge in [0.25, 0.3) is 0 Å². The highest BCUT2D eigenvalue weighted by Gasteiger charge is 2.20. The van der Waals surface area contributed by atoms with Crippen LogP contribution < -0.4 is 15.1 Å². The Morgan fingerprint density at radius 2 is 1.83 bits per heavy atom. The predicted molar refractivity (Wildman–Crippen MR) is 151 cm³/mol. The first-order chi connectivity index (χ1) is 17.5. The lowest BCUT2D eigenvalue weighted by Gasteiger charge is -2.38. The summed E-state index contributed by atoms with van der Waals surface area (Å²) in [6, 6.07) is 15.1. The standard InChI is InChI=1S/C30H37N5O/c1-24-8-4-5-11-29(24)34-18-20-35(21-19-34)30-13-12-27(22-28(30)10-6-9-25(2)36)26(3)32-14-7-16-33-17-15-31-23-33/h4-6,8-13,15,17,22-23,32,36H,3,7,14,16,18-21H2,1-2H3/b10-6+,25-9-. The van der Waals surface area contributed by atoms with E-state index in [1.54, 1.807) is 19.2 Å². The smallest absolute Gasteiger partial charge is 0.0945 e. The number of aromatic nitrogens is 2. The van der Waals surface area contributed by atoms with E-state index in [4.69, 9.17) is 0 Å². The van der Waals surface area contributed by atoms with E-state index >= 15 is 0 Å². The van der Waals surface area contributed by atoms with E-state index in [2.05, 4.69) is 86.7 Å². The molecule has 2 heterocycles. The number of rotatable bonds is 10. The Balaban J connectivity index is 1.44. The van der Waals surface area contributed by atoms with E-state index in [-0.39, 0.29) is 0 Å². The van der Waals surface area contributed by atoms with Crippen LogP contribution in [0.2, 0.25) is 0 Å². The van der Waals surface area contributed by atoms with Crippen LogP contribution in [0.15, 0.2) is 85.7 Å². The van der Waals surface area contributed by atoms with Crippen LogP contribution in [-0.2, 0) is 6.54 Å². The normalized spacial score (nSPS) is 14.4. The minimum absolute atomic E-state index is 0.291. The average molecular weight is 484 g/mol. The van der Waals surface area contributed by atoms with Crippen molar-refractivity contribution in [1.29, 1.82) is 0 Å². The molecule has 1 aromatic heterocycles. The molecule has 0 bridgehead atoms. The molecule has 188 valence electrons. The van der Waals surface area contributed by atoms with Gasteiger partial charge in [0, 0.05) is 68.7 Å². The Morgan fingerprint density at radius 3 is 2.53 bits per heavy atom. The second-order valence-electron chi connectivity index (χ2n) is 9.26. The van der Waals surface area contributed by atoms with Gasteiger partial charge < -0.3 is 24.8 Å². The minimum atomic E-state index is 0.291. The molecule has 6 heteroatoms. The van der Waals surface area contributed by atoms with Crippen LogP contribution in [0.25, 0.3) is 11.8 Å². The first kappa shape index (κ1) is 25.2. The van der Waals surface area contributed by atoms with Crippen LogP contribution in [0.3, 0.4) is 0 Å². The lowest BCUT2D eigenvalue weighted by Crippen LogP contribution is -2.47. The Kier molecular flexibility index (Phi) is 8.50. The molecule has 0 radical (unpaired) electrons. The number of aliphatic hydroxyl groups excluding tert-OH is 1. The second kappa shape index (κ2) is 12.2. The molecule has 0 atom stereocenters. The Hall–Kier alpha value is -3.93. The van der Waals surface area contributed by atoms with Gasteiger partial charge in [-0.05, 0) is 61.2 Å². The summed E-state index contributed by atoms with van der Waals surface area (Å²) < 4.78 is 2.08. The average Bonchev–Trinajstić information content (AvgIpc) is 3.40. The highest BCUT2D eigenvalue weighted by Crippen LogP contribution is 2.28. The van der Waals surface area contributed by atoms with E-state index < -0.39 is 0 Å². The fourth-order valence-electron chi connectivity index (χ4n) is 4.58. The minimum Gasteiger partial charge on any atom is -0.513 e. The van der Waals surface area contributed by atoms with Crippen LogP contribution in [-0.4, -0.2) is 47.4 Å². The number of imidazole rings is 1. The maximum absolute atomic E-state index is 9.60. The van der Waals surface area contributed by atoms with E-state index in [0.29, 0.717) is 5.76 Å². The summed E-state index contributed by atoms with van der Waals surface area (Å²) >= 11 is 0. The lowest BCUT2D eigenvalue weighted by molar-refractivity contribution is 0.414. The van der Waals surface area contributed by atoms with Crippen molar-refractivity contribution in [3.05, 3.63) is 102 Å². The number of aliphatic hydroxyl groups is 1. The van der Waals surface area contributed by atoms with Crippen LogP contribution in [0.1, 0.15) is 30.0 Å². The monoisotopic (exact) mass is 483 g/mol. The molecule has 3 aromatic rings. The molecule has 1 aliphatic heterocycles. The lowest BCUT2D eigenvalue weighted by atomic mass is 10.0. The number of nitrogens with one attached hydrogen (secondary N) is 1. The van der Waals surface area contributed by atoms with Crippen molar-refractivity contribution in [3.8, 4) is 0 Å². The summed E-state index contributed by atoms with van der Waals surface area (Å²) in [6.45, 7) is 13.8. The van der Waals surface area contributed by atoms with Gasteiger partial charge in [0.1, 0.15) is 0 Å². The van der Waals surface area contributed by atoms with Gasteiger partial charge in [-0.15, -0.1) is 0 Å². The largest absolute Gasteiger partial charge is 0.513 e. The third-order valence-corrected chi connectivity index (χ3v) is 6.56. The summed E-state index contributed by atoms with van der Waals surface area (Å²) in [7, 11) is 0. The third-order valence-electron chi connectivity index (χ3n) is 6.56. The molecule has 1 saturated heterocycles. The van der Waals surface area contributed by atoms with E-state index in [9.17, 15) is 5.11 Å². The van der Waals surface area contributed by atoms with Gasteiger partial charge in [-0.25, -0.2) is 4.98 Å². The number of anilines is 2. The molecule has 2 N–H and O–H groups in total. The quantitative estimate of drug-likeness (QED) is 0.222. The van der Waals surface area contributed by atoms with Gasteiger partial charge >= 0.3 is 0 Å². The van der Waals surface area contributed by atoms with Crippen LogP contribution >= 0.6 is 0 Å². The van der Waals surface area contributed by atoms with Crippen molar-refractivity contribution in [1.82, 2.24) is 14.9 Å². The van der Waals surface area contributed by atoms with Crippen molar-refractivity contribution in [2.45, 2.75) is 26.8 Å². The van der Waals surface area contributed by atoms with Crippen molar-refractivity contribution in [2.75, 3.05) is 42.5 Å². The number of benzene rings is 2. The molecule has 1 aliphatic rings. The zero-order valence-corrected chi connectivity index (χ0v) is 21.4. The van der Waals surface area contributed by atoms with Crippen LogP contribution in [0.4, 0.5) is 11.4 Å². The van der Waals surface area contributed by atoms with Gasteiger partial charge in [-0.3, -0.25) is 0 Å². The highest BCUT2D eigenvalue weighted by atomic mass is 16.3. The van der Waals surface area contributed by atoms with Crippen molar-refractivity contribution >= 4 is 23.1 Å². The molecular weight excluding hydrogens is 446 g/mol. The van der Waals surface area contributed by atoms with Crippen molar-refractivity contribution in [2.24, 2.45) is 0 Å². The number of nitrogens with zero attached hydrogens (tertiary/aromatic N) is 4. The maximum Gasteiger partial charge on any atom is 0.0945 e. The Labute approximate surface area is 214 Å². The first-order valence-electron chi connectivity index (χ1n) is 12.6. The SMILES string of the molecule is C=C(NCCCn1ccnc1)c1ccc(N2CCN(c3ccccc3C)CC2)c(/C=C/C=C(/C)O)c1. The number of para-hydroxylation sites is 1. The van der Waals surface area contributed by atoms with Crippen LogP contribution in [0, 0.1) is 6.92 Å². The summed E-state index contributed by atoms with van der Waals surface area (Å²) in [5.41, 5.74) is 6.96. The Morgan fingerprint density at radius 1 is 1.08 bits per heavy atom. The van der Waals surface area contributed by atoms with Gasteiger partial charge in [-0.1, -0.05) is 43.0 Å². The molecule has 0 amide bonds. The Bertz CT molecular complexity index is 1200. The summed E-state index contributed by atoms with van der Waals surface area (Å²) in [5, 5.41) is 13.1. The molecule has 4 rings (SSSR count). The summed E-state index contributed by atoms with van der Waals surface area (Å²) in [6.07, 6.45) is 12.3. The van der Waals surface area contributed by atoms with Crippen LogP contribution in [0.5, 0.6) is 0 Å². The van der Waals surface area contributed by atoms with Crippen molar-refractivity contribution in [3.63, 3.8) is 0 Å². The number of piperazine rings is 1. The summed E-state index contributed by atoms with van der Waals surface area (Å²) in [4.78, 5) is 9.02. The summed E-state index contributed by atoms with van der Waals surface area (Å²) in [5.74, 6) is 0.291. The highest BCUT2D eigenvalue weighted by molar-refractivity contribution is 5.74. The molecule has 6 nitrogen and oxygen atoms in total. The number of allylic oxidation sites excluding steroid dienone is 3. The number of aryl methyl sites for hydroxylation is 2. The van der Waals surface area contributed by atoms with E-state index in [1.807, 2.05) is 18.6 Å². The topological polar surface area (TPSA) is 56.6 Å². The zero-order chi connectivity index (χ0) is 25.3. The fourth-order valence-corrected chi connectivity index (χ4v) is 4.58. The predicted octanol–water partition coefficient (Wildman–Crippen LogP) is 5.64. The molecule has 0 unspecified atom stereocenters. The molecule has 2 aromatic carbocycles. The van der Waals surface area contributed by atoms with Gasteiger partial charge in [0.05, 0.1) is 12.1 Å². The maximum atomic E-state index is 9.60. The zero-order valence-electron chi connectivity index (χ0n) is 21.4. The molecule has 0 saturated carbocycles. The van der Waals surface area contributed by atoms with Crippen molar-refractivity contribution < 1.29 is 5.11 Å². The van der Waals surface area contributed by atoms with Gasteiger partial charge in [-0.2, -0.15) is 0 Å². The molecule has 0 aliphatic carbocycles. The number of hydrogen-bond donors (Lipinski definition) is 2. The molecule has 0 spiro atoms. The third kappa shape index (κ3) is 6.60. The number of hydrogen-bond acceptors (Lipinski definition) is 5. The van der Waals surface area contributed by atoms with E-state index in [1.165, 1.54) is 16.9 Å². The first-order valence-corrected chi connectivity index (χ1v) is 12.6. The van der Waals surface area contributed by atoms with Gasteiger partial charge in [0.15, 0.2) is 0 Å². The molecule has 36 heavy (non-hydrogen) atoms. The fraction of sp³-hybridized carbons (Fsp3) is 0.300. The van der Waals surface area contributed by atoms with E-state index in [0.717, 1.165) is 62.5 Å². The second-order valence-corrected chi connectivity index (χ2v) is 9.26. The molecule has 1 fully saturated rings. The van der Waals surface area contributed by atoms with Gasteiger partial charge in [0.2, 0.25) is 0 Å². The molecular formula is C30H37N5O.